The number of nitrogens with one attached hydrogen (secondary N) is 2. The molecule has 2 N–H and O–H groups in total. The number of aliphatic carboxylic acids is 1. The minimum absolute atomic E-state index is 0. The van der Waals surface area contributed by atoms with Gasteiger partial charge in [-0.2, -0.15) is 42.5 Å². The molecule has 1 aliphatic carbocycles. The SMILES string of the molecule is O=C([O-])CCCS(=O)(=O)c1c[c-]c(Nc2cc(S(=O)(=O)[O-])c3[nH]c(=O)c(C(=O)OCc4c[c-]ccc4)c4c3c2C(=O)c2ccccc2-4)c(S(=O)(=O)[O-])c1.O=S(=O)=O.O=S(=O)=O.[Na+].[Na+].[Na+].[Na+].[Na+]. The first-order chi connectivity index (χ1) is 28.3. The summed E-state index contributed by atoms with van der Waals surface area (Å²) in [7, 11) is -21.7. The van der Waals surface area contributed by atoms with Gasteiger partial charge in [0.1, 0.15) is 25.5 Å². The first-order valence-corrected chi connectivity index (χ1v) is 22.6. The van der Waals surface area contributed by atoms with Gasteiger partial charge in [-0.3, -0.25) is 18.0 Å². The van der Waals surface area contributed by atoms with Crippen molar-refractivity contribution in [2.45, 2.75) is 34.1 Å². The Balaban J connectivity index is 0. The van der Waals surface area contributed by atoms with Gasteiger partial charge in [0.15, 0.2) is 5.78 Å². The van der Waals surface area contributed by atoms with Crippen LogP contribution in [0.25, 0.3) is 22.0 Å². The van der Waals surface area contributed by atoms with Crippen molar-refractivity contribution < 1.29 is 232 Å². The normalized spacial score (nSPS) is 10.9. The summed E-state index contributed by atoms with van der Waals surface area (Å²) in [6, 6.07) is 18.8. The van der Waals surface area contributed by atoms with E-state index in [1.54, 1.807) is 18.2 Å². The van der Waals surface area contributed by atoms with Gasteiger partial charge in [-0.25, -0.2) is 21.6 Å². The monoisotopic (exact) mass is 1050 g/mol. The topological polar surface area (TPSA) is 379 Å². The number of hydrogen-bond donors (Lipinski definition) is 2. The average Bonchev–Trinajstić information content (AvgIpc) is 3.15. The molecular weight excluding hydrogens is 1030 g/mol. The number of fused-ring (bicyclic) bond motifs is 2. The number of benzene rings is 4. The average molecular weight is 1050 g/mol. The number of carboxylic acids is 1. The van der Waals surface area contributed by atoms with Gasteiger partial charge in [0, 0.05) is 28.2 Å². The van der Waals surface area contributed by atoms with E-state index in [-0.39, 0.29) is 171 Å². The number of aromatic amines is 1. The Bertz CT molecular complexity index is 3250. The van der Waals surface area contributed by atoms with E-state index in [1.807, 2.05) is 0 Å². The number of esters is 1. The minimum Gasteiger partial charge on any atom is -0.754 e. The van der Waals surface area contributed by atoms with Crippen molar-refractivity contribution in [1.82, 2.24) is 4.98 Å². The molecule has 0 saturated heterocycles. The number of anilines is 2. The first kappa shape index (κ1) is 66.6. The van der Waals surface area contributed by atoms with E-state index in [4.69, 9.17) is 30.0 Å². The van der Waals surface area contributed by atoms with Crippen molar-refractivity contribution in [3.8, 4) is 11.1 Å². The predicted molar refractivity (Wildman–Crippen MR) is 198 cm³/mol. The van der Waals surface area contributed by atoms with Gasteiger partial charge in [-0.15, -0.1) is 36.9 Å². The van der Waals surface area contributed by atoms with E-state index in [0.29, 0.717) is 17.7 Å². The molecular formula is C34H21N2Na5O20S5. The van der Waals surface area contributed by atoms with Crippen LogP contribution in [-0.2, 0) is 67.4 Å². The summed E-state index contributed by atoms with van der Waals surface area (Å²) in [4.78, 5) is 51.2. The molecule has 5 aromatic rings. The number of sulfone groups is 1. The van der Waals surface area contributed by atoms with Crippen molar-refractivity contribution in [3.05, 3.63) is 111 Å². The molecule has 4 aromatic carbocycles. The first-order valence-electron chi connectivity index (χ1n) is 16.1. The third-order valence-electron chi connectivity index (χ3n) is 8.10. The molecule has 0 saturated carbocycles. The summed E-state index contributed by atoms with van der Waals surface area (Å²) in [5.74, 6) is -4.37. The molecule has 0 bridgehead atoms. The molecule has 22 nitrogen and oxygen atoms in total. The maximum atomic E-state index is 14.2. The van der Waals surface area contributed by atoms with Gasteiger partial charge < -0.3 is 34.0 Å². The Morgan fingerprint density at radius 2 is 1.32 bits per heavy atom. The van der Waals surface area contributed by atoms with E-state index in [0.717, 1.165) is 6.07 Å². The molecule has 0 fully saturated rings. The number of rotatable bonds is 12. The molecule has 0 atom stereocenters. The van der Waals surface area contributed by atoms with E-state index in [2.05, 4.69) is 22.4 Å². The summed E-state index contributed by atoms with van der Waals surface area (Å²) >= 11 is 0. The van der Waals surface area contributed by atoms with Crippen LogP contribution >= 0.6 is 0 Å². The number of pyridine rings is 1. The van der Waals surface area contributed by atoms with Crippen LogP contribution in [0.1, 0.15) is 44.7 Å². The number of hydrogen-bond acceptors (Lipinski definition) is 21. The quantitative estimate of drug-likeness (QED) is 0.0497. The van der Waals surface area contributed by atoms with Crippen molar-refractivity contribution in [2.75, 3.05) is 11.1 Å². The molecule has 1 heterocycles. The Morgan fingerprint density at radius 3 is 1.83 bits per heavy atom. The fourth-order valence-electron chi connectivity index (χ4n) is 5.81. The molecule has 1 aromatic heterocycles. The maximum Gasteiger partial charge on any atom is 1.00 e. The van der Waals surface area contributed by atoms with Gasteiger partial charge in [0.25, 0.3) is 5.56 Å². The second-order valence-corrected chi connectivity index (χ2v) is 17.5. The third-order valence-corrected chi connectivity index (χ3v) is 11.6. The number of H-pyrrole nitrogens is 1. The second-order valence-electron chi connectivity index (χ2n) is 11.9. The zero-order chi connectivity index (χ0) is 45.6. The van der Waals surface area contributed by atoms with Crippen LogP contribution in [-0.4, -0.2) is 88.1 Å². The Labute approximate surface area is 488 Å². The zero-order valence-electron chi connectivity index (χ0n) is 34.9. The fourth-order valence-corrected chi connectivity index (χ4v) is 8.48. The van der Waals surface area contributed by atoms with Crippen molar-refractivity contribution >= 4 is 91.3 Å². The molecule has 1 aliphatic rings. The molecule has 6 rings (SSSR count). The van der Waals surface area contributed by atoms with Crippen LogP contribution < -0.4 is 164 Å². The van der Waals surface area contributed by atoms with Gasteiger partial charge in [-0.05, 0) is 34.3 Å². The molecule has 0 aliphatic heterocycles. The summed E-state index contributed by atoms with van der Waals surface area (Å²) < 4.78 is 157. The number of ketones is 1. The van der Waals surface area contributed by atoms with E-state index >= 15 is 0 Å². The molecule has 32 heteroatoms. The number of carboxylic acid groups (broad SMARTS) is 1. The van der Waals surface area contributed by atoms with E-state index in [1.165, 1.54) is 30.3 Å². The van der Waals surface area contributed by atoms with Crippen molar-refractivity contribution in [1.29, 1.82) is 0 Å². The molecule has 0 radical (unpaired) electrons. The maximum absolute atomic E-state index is 14.2. The molecule has 0 amide bonds. The standard InChI is InChI=1S/C34H24N2O14S3.5Na.2O3S/c37-26(38)11-6-14-51(42,43)19-12-13-22(24(15-19)52(44,45)46)35-23-16-25(53(47,48)49)31-29-27(20-9-4-5-10-21(20)32(39)28(23)29)30(33(40)36-31)34(41)50-17-18-7-2-1-3-8-18;;;;;;2*1-4(2)3/h1-2,4-5,7-10,12,15-16,35H,6,11,14,17H2,(H,36,40)(H,37,38)(H,44,45,46)(H,47,48,49);;;;;;;/q-2;5*+1;;/p-3. The van der Waals surface area contributed by atoms with Gasteiger partial charge in [-0.1, -0.05) is 30.0 Å². The van der Waals surface area contributed by atoms with Crippen LogP contribution in [0.4, 0.5) is 11.4 Å². The van der Waals surface area contributed by atoms with E-state index < -0.39 is 141 Å². The van der Waals surface area contributed by atoms with Gasteiger partial charge >= 0.3 is 175 Å². The Morgan fingerprint density at radius 1 is 0.758 bits per heavy atom. The van der Waals surface area contributed by atoms with Crippen molar-refractivity contribution in [2.24, 2.45) is 0 Å². The molecule has 322 valence electrons. The predicted octanol–water partition coefficient (Wildman–Crippen LogP) is -15.4. The van der Waals surface area contributed by atoms with Crippen molar-refractivity contribution in [3.63, 3.8) is 0 Å². The van der Waals surface area contributed by atoms with Crippen LogP contribution in [0.15, 0.2) is 86.2 Å². The smallest absolute Gasteiger partial charge is 0.754 e. The number of aromatic nitrogens is 1. The second kappa shape index (κ2) is 28.4. The van der Waals surface area contributed by atoms with Gasteiger partial charge in [0.2, 0.25) is 0 Å². The number of ether oxygens (including phenoxy) is 1. The number of carbonyl (C=O) groups excluding carboxylic acids is 3. The summed E-state index contributed by atoms with van der Waals surface area (Å²) in [6.07, 6.45) is -1.05. The molecule has 0 unspecified atom stereocenters. The summed E-state index contributed by atoms with van der Waals surface area (Å²) in [5, 5.41) is 12.7. The van der Waals surface area contributed by atoms with Crippen LogP contribution in [0.3, 0.4) is 0 Å². The van der Waals surface area contributed by atoms with Crippen LogP contribution in [0.2, 0.25) is 0 Å². The fraction of sp³-hybridized carbons (Fsp3) is 0.118. The molecule has 0 spiro atoms. The van der Waals surface area contributed by atoms with Crippen LogP contribution in [0.5, 0.6) is 0 Å². The third kappa shape index (κ3) is 17.4. The Hall–Kier alpha value is -1.49. The van der Waals surface area contributed by atoms with Gasteiger partial charge in [0.05, 0.1) is 38.4 Å². The zero-order valence-corrected chi connectivity index (χ0v) is 49.0. The molecule has 66 heavy (non-hydrogen) atoms. The minimum atomic E-state index is -5.57. The van der Waals surface area contributed by atoms with E-state index in [9.17, 15) is 58.6 Å². The Kier molecular flexibility index (Phi) is 28.6. The summed E-state index contributed by atoms with van der Waals surface area (Å²) in [5.41, 5.74) is -4.33. The largest absolute Gasteiger partial charge is 1.00 e. The van der Waals surface area contributed by atoms with Crippen LogP contribution in [0, 0.1) is 12.1 Å². The summed E-state index contributed by atoms with van der Waals surface area (Å²) in [6.45, 7) is -0.326. The number of carbonyl (C=O) groups is 3.